The molecule has 3 heterocycles. The Hall–Kier alpha value is -2.47. The van der Waals surface area contributed by atoms with E-state index in [1.807, 2.05) is 24.3 Å². The third-order valence-electron chi connectivity index (χ3n) is 7.13. The molecule has 2 atom stereocenters. The van der Waals surface area contributed by atoms with E-state index >= 15 is 0 Å². The molecule has 5 nitrogen and oxygen atoms in total. The van der Waals surface area contributed by atoms with Gasteiger partial charge in [0.1, 0.15) is 16.5 Å². The van der Waals surface area contributed by atoms with Gasteiger partial charge in [-0.2, -0.15) is 0 Å². The molecule has 0 radical (unpaired) electrons. The van der Waals surface area contributed by atoms with Crippen molar-refractivity contribution in [3.63, 3.8) is 0 Å². The van der Waals surface area contributed by atoms with Crippen molar-refractivity contribution in [2.45, 2.75) is 44.9 Å². The molecule has 3 aromatic rings. The van der Waals surface area contributed by atoms with Crippen molar-refractivity contribution in [3.05, 3.63) is 52.2 Å². The largest absolute Gasteiger partial charge is 0.352 e. The normalized spacial score (nSPS) is 23.1. The molecule has 1 amide bonds. The lowest BCUT2D eigenvalue weighted by Gasteiger charge is -2.36. The van der Waals surface area contributed by atoms with Gasteiger partial charge in [-0.15, -0.1) is 11.3 Å². The summed E-state index contributed by atoms with van der Waals surface area (Å²) in [6.07, 6.45) is 5.87. The molecule has 0 bridgehead atoms. The van der Waals surface area contributed by atoms with Crippen LogP contribution in [-0.2, 0) is 17.6 Å². The number of amides is 1. The number of thiophene rings is 1. The lowest BCUT2D eigenvalue weighted by Crippen LogP contribution is -2.49. The molecular formula is C25H28N4OS. The molecule has 1 aliphatic heterocycles. The summed E-state index contributed by atoms with van der Waals surface area (Å²) in [4.78, 5) is 29.9. The number of aromatic nitrogens is 2. The Balaban J connectivity index is 1.19. The van der Waals surface area contributed by atoms with E-state index in [1.165, 1.54) is 40.7 Å². The second-order valence-electron chi connectivity index (χ2n) is 9.16. The van der Waals surface area contributed by atoms with E-state index in [2.05, 4.69) is 34.1 Å². The van der Waals surface area contributed by atoms with Crippen LogP contribution in [0.4, 0.5) is 5.82 Å². The molecule has 1 saturated heterocycles. The Morgan fingerprint density at radius 3 is 2.61 bits per heavy atom. The van der Waals surface area contributed by atoms with Gasteiger partial charge in [0.2, 0.25) is 5.91 Å². The first-order chi connectivity index (χ1) is 15.2. The summed E-state index contributed by atoms with van der Waals surface area (Å²) in [6, 6.07) is 10.5. The van der Waals surface area contributed by atoms with Crippen molar-refractivity contribution in [1.29, 1.82) is 0 Å². The number of anilines is 1. The van der Waals surface area contributed by atoms with E-state index in [9.17, 15) is 4.79 Å². The number of hydrogen-bond donors (Lipinski definition) is 0. The number of nitrogens with zero attached hydrogens (tertiary/aromatic N) is 4. The molecule has 2 fully saturated rings. The van der Waals surface area contributed by atoms with Gasteiger partial charge in [-0.05, 0) is 56.1 Å². The molecule has 2 aliphatic carbocycles. The lowest BCUT2D eigenvalue weighted by atomic mass is 9.97. The Kier molecular flexibility index (Phi) is 4.71. The fraction of sp³-hybridized carbons (Fsp3) is 0.480. The third-order valence-corrected chi connectivity index (χ3v) is 8.32. The van der Waals surface area contributed by atoms with Gasteiger partial charge in [0, 0.05) is 37.0 Å². The quantitative estimate of drug-likeness (QED) is 0.618. The average Bonchev–Trinajstić information content (AvgIpc) is 3.53. The zero-order valence-corrected chi connectivity index (χ0v) is 18.8. The summed E-state index contributed by atoms with van der Waals surface area (Å²) in [5, 5.41) is 1.29. The number of hydrogen-bond acceptors (Lipinski definition) is 5. The van der Waals surface area contributed by atoms with Crippen LogP contribution in [0.25, 0.3) is 10.2 Å². The van der Waals surface area contributed by atoms with Crippen LogP contribution in [0, 0.1) is 12.8 Å². The molecule has 2 aromatic heterocycles. The van der Waals surface area contributed by atoms with Crippen LogP contribution < -0.4 is 4.90 Å². The maximum absolute atomic E-state index is 13.1. The maximum Gasteiger partial charge on any atom is 0.226 e. The van der Waals surface area contributed by atoms with Crippen molar-refractivity contribution in [2.24, 2.45) is 5.92 Å². The summed E-state index contributed by atoms with van der Waals surface area (Å²) in [7, 11) is 0. The maximum atomic E-state index is 13.1. The zero-order chi connectivity index (χ0) is 20.9. The minimum atomic E-state index is 0.172. The SMILES string of the molecule is Cc1nc(N2CCN(C(=O)C3C[C@H]3c3ccccc3)CC2)c2c3c(sc2n1)CCCC3. The lowest BCUT2D eigenvalue weighted by molar-refractivity contribution is -0.133. The van der Waals surface area contributed by atoms with Crippen LogP contribution >= 0.6 is 11.3 Å². The van der Waals surface area contributed by atoms with Gasteiger partial charge in [0.05, 0.1) is 5.39 Å². The topological polar surface area (TPSA) is 49.3 Å². The molecule has 0 spiro atoms. The van der Waals surface area contributed by atoms with E-state index in [-0.39, 0.29) is 5.92 Å². The fourth-order valence-electron chi connectivity index (χ4n) is 5.38. The molecular weight excluding hydrogens is 404 g/mol. The highest BCUT2D eigenvalue weighted by atomic mass is 32.1. The second kappa shape index (κ2) is 7.59. The Labute approximate surface area is 187 Å². The first-order valence-electron chi connectivity index (χ1n) is 11.6. The van der Waals surface area contributed by atoms with Gasteiger partial charge in [-0.1, -0.05) is 30.3 Å². The molecule has 160 valence electrons. The third kappa shape index (κ3) is 3.41. The number of aryl methyl sites for hydroxylation is 3. The van der Waals surface area contributed by atoms with Gasteiger partial charge < -0.3 is 9.80 Å². The summed E-state index contributed by atoms with van der Waals surface area (Å²) in [5.74, 6) is 2.87. The highest BCUT2D eigenvalue weighted by molar-refractivity contribution is 7.19. The summed E-state index contributed by atoms with van der Waals surface area (Å²) >= 11 is 1.87. The Bertz CT molecular complexity index is 1130. The van der Waals surface area contributed by atoms with E-state index in [4.69, 9.17) is 9.97 Å². The molecule has 6 rings (SSSR count). The monoisotopic (exact) mass is 432 g/mol. The predicted molar refractivity (Wildman–Crippen MR) is 125 cm³/mol. The molecule has 0 N–H and O–H groups in total. The van der Waals surface area contributed by atoms with Crippen molar-refractivity contribution < 1.29 is 4.79 Å². The van der Waals surface area contributed by atoms with Crippen LogP contribution in [0.5, 0.6) is 0 Å². The first-order valence-corrected chi connectivity index (χ1v) is 12.4. The van der Waals surface area contributed by atoms with Gasteiger partial charge in [-0.25, -0.2) is 9.97 Å². The van der Waals surface area contributed by atoms with Crippen LogP contribution in [-0.4, -0.2) is 47.0 Å². The fourth-order valence-corrected chi connectivity index (χ4v) is 6.68. The Morgan fingerprint density at radius 1 is 1.03 bits per heavy atom. The molecule has 1 aromatic carbocycles. The number of carbonyl (C=O) groups is 1. The number of benzene rings is 1. The van der Waals surface area contributed by atoms with E-state index in [1.54, 1.807) is 0 Å². The average molecular weight is 433 g/mol. The van der Waals surface area contributed by atoms with Crippen LogP contribution in [0.3, 0.4) is 0 Å². The molecule has 1 unspecified atom stereocenters. The van der Waals surface area contributed by atoms with Crippen LogP contribution in [0.1, 0.15) is 47.0 Å². The van der Waals surface area contributed by atoms with Crippen molar-refractivity contribution in [1.82, 2.24) is 14.9 Å². The number of fused-ring (bicyclic) bond motifs is 3. The highest BCUT2D eigenvalue weighted by Gasteiger charge is 2.46. The summed E-state index contributed by atoms with van der Waals surface area (Å²) < 4.78 is 0. The zero-order valence-electron chi connectivity index (χ0n) is 18.0. The van der Waals surface area contributed by atoms with Crippen molar-refractivity contribution >= 4 is 33.3 Å². The van der Waals surface area contributed by atoms with E-state index in [0.29, 0.717) is 11.8 Å². The molecule has 31 heavy (non-hydrogen) atoms. The summed E-state index contributed by atoms with van der Waals surface area (Å²) in [5.41, 5.74) is 2.80. The van der Waals surface area contributed by atoms with Crippen molar-refractivity contribution in [2.75, 3.05) is 31.1 Å². The van der Waals surface area contributed by atoms with Gasteiger partial charge in [0.25, 0.3) is 0 Å². The number of carbonyl (C=O) groups excluding carboxylic acids is 1. The van der Waals surface area contributed by atoms with Crippen molar-refractivity contribution in [3.8, 4) is 0 Å². The standard InChI is InChI=1S/C25H28N4OS/c1-16-26-23(22-18-9-5-6-10-21(18)31-24(22)27-16)28-11-13-29(14-12-28)25(30)20-15-19(20)17-7-3-2-4-8-17/h2-4,7-8,19-20H,5-6,9-15H2,1H3/t19-,20?/m0/s1. The van der Waals surface area contributed by atoms with E-state index in [0.717, 1.165) is 55.5 Å². The minimum Gasteiger partial charge on any atom is -0.352 e. The van der Waals surface area contributed by atoms with Gasteiger partial charge in [-0.3, -0.25) is 4.79 Å². The summed E-state index contributed by atoms with van der Waals surface area (Å²) in [6.45, 7) is 5.27. The Morgan fingerprint density at radius 2 is 1.81 bits per heavy atom. The number of piperazine rings is 1. The van der Waals surface area contributed by atoms with Crippen LogP contribution in [0.15, 0.2) is 30.3 Å². The molecule has 3 aliphatic rings. The smallest absolute Gasteiger partial charge is 0.226 e. The van der Waals surface area contributed by atoms with E-state index < -0.39 is 0 Å². The van der Waals surface area contributed by atoms with Gasteiger partial charge >= 0.3 is 0 Å². The first kappa shape index (κ1) is 19.2. The second-order valence-corrected chi connectivity index (χ2v) is 10.2. The van der Waals surface area contributed by atoms with Gasteiger partial charge in [0.15, 0.2) is 0 Å². The number of rotatable bonds is 3. The highest BCUT2D eigenvalue weighted by Crippen LogP contribution is 2.48. The van der Waals surface area contributed by atoms with Crippen LogP contribution in [0.2, 0.25) is 0 Å². The molecule has 1 saturated carbocycles. The minimum absolute atomic E-state index is 0.172. The predicted octanol–water partition coefficient (Wildman–Crippen LogP) is 4.33. The molecule has 6 heteroatoms.